The van der Waals surface area contributed by atoms with Gasteiger partial charge in [0.15, 0.2) is 0 Å². The van der Waals surface area contributed by atoms with E-state index < -0.39 is 0 Å². The van der Waals surface area contributed by atoms with Gasteiger partial charge in [-0.3, -0.25) is 0 Å². The minimum atomic E-state index is -0.239. The van der Waals surface area contributed by atoms with E-state index in [1.54, 1.807) is 6.07 Å². The summed E-state index contributed by atoms with van der Waals surface area (Å²) in [5, 5.41) is 9.53. The number of anilines is 1. The quantitative estimate of drug-likeness (QED) is 0.673. The molecule has 0 fully saturated rings. The van der Waals surface area contributed by atoms with Gasteiger partial charge in [0.05, 0.1) is 16.6 Å². The molecule has 0 bridgehead atoms. The first-order valence-electron chi connectivity index (χ1n) is 7.93. The Balaban J connectivity index is 1.32. The Morgan fingerprint density at radius 3 is 2.88 bits per heavy atom. The number of nitrogens with zero attached hydrogens (tertiary/aromatic N) is 1. The fourth-order valence-corrected chi connectivity index (χ4v) is 2.99. The summed E-state index contributed by atoms with van der Waals surface area (Å²) in [6.07, 6.45) is 2.28. The predicted molar refractivity (Wildman–Crippen MR) is 98.7 cm³/mol. The Kier molecular flexibility index (Phi) is 5.83. The highest BCUT2D eigenvalue weighted by molar-refractivity contribution is 6.35. The molecular weight excluding hydrogens is 363 g/mol. The third kappa shape index (κ3) is 4.90. The van der Waals surface area contributed by atoms with Crippen molar-refractivity contribution in [2.75, 3.05) is 25.0 Å². The van der Waals surface area contributed by atoms with E-state index in [2.05, 4.69) is 20.9 Å². The fraction of sp³-hybridized carbons (Fsp3) is 0.294. The second-order valence-corrected chi connectivity index (χ2v) is 6.44. The number of hydrogen-bond acceptors (Lipinski definition) is 4. The molecule has 1 aromatic carbocycles. The molecule has 1 aliphatic rings. The van der Waals surface area contributed by atoms with Gasteiger partial charge in [-0.05, 0) is 17.7 Å². The summed E-state index contributed by atoms with van der Waals surface area (Å²) in [4.78, 5) is 15.9. The SMILES string of the molecule is O=C(NCCNc1ncc(Cl)cc1Cl)NCC1Cc2ccccc2O1. The van der Waals surface area contributed by atoms with Gasteiger partial charge in [0.25, 0.3) is 0 Å². The molecule has 0 radical (unpaired) electrons. The molecule has 1 atom stereocenters. The van der Waals surface area contributed by atoms with Gasteiger partial charge >= 0.3 is 6.03 Å². The molecular formula is C17H18Cl2N4O2. The smallest absolute Gasteiger partial charge is 0.314 e. The van der Waals surface area contributed by atoms with Crippen LogP contribution in [0, 0.1) is 0 Å². The van der Waals surface area contributed by atoms with Gasteiger partial charge in [-0.1, -0.05) is 41.4 Å². The summed E-state index contributed by atoms with van der Waals surface area (Å²) in [5.74, 6) is 1.43. The van der Waals surface area contributed by atoms with Crippen molar-refractivity contribution in [1.82, 2.24) is 15.6 Å². The largest absolute Gasteiger partial charge is 0.488 e. The van der Waals surface area contributed by atoms with Crippen LogP contribution in [0.2, 0.25) is 10.0 Å². The highest BCUT2D eigenvalue weighted by Crippen LogP contribution is 2.27. The number of benzene rings is 1. The number of pyridine rings is 1. The molecule has 8 heteroatoms. The lowest BCUT2D eigenvalue weighted by Crippen LogP contribution is -2.42. The van der Waals surface area contributed by atoms with E-state index >= 15 is 0 Å². The summed E-state index contributed by atoms with van der Waals surface area (Å²) >= 11 is 11.8. The van der Waals surface area contributed by atoms with E-state index in [0.29, 0.717) is 35.5 Å². The zero-order valence-corrected chi connectivity index (χ0v) is 14.9. The Hall–Kier alpha value is -2.18. The molecule has 0 saturated heterocycles. The van der Waals surface area contributed by atoms with Gasteiger partial charge in [-0.15, -0.1) is 0 Å². The molecule has 0 saturated carbocycles. The first kappa shape index (κ1) is 17.6. The van der Waals surface area contributed by atoms with Gasteiger partial charge in [0, 0.05) is 25.7 Å². The van der Waals surface area contributed by atoms with Crippen LogP contribution in [0.15, 0.2) is 36.5 Å². The van der Waals surface area contributed by atoms with Crippen LogP contribution in [-0.4, -0.2) is 36.8 Å². The van der Waals surface area contributed by atoms with E-state index in [1.807, 2.05) is 24.3 Å². The average Bonchev–Trinajstić information content (AvgIpc) is 3.01. The molecule has 1 aromatic heterocycles. The molecule has 2 aromatic rings. The van der Waals surface area contributed by atoms with E-state index in [0.717, 1.165) is 12.2 Å². The summed E-state index contributed by atoms with van der Waals surface area (Å²) in [5.41, 5.74) is 1.17. The summed E-state index contributed by atoms with van der Waals surface area (Å²) in [6.45, 7) is 1.38. The lowest BCUT2D eigenvalue weighted by molar-refractivity contribution is 0.214. The van der Waals surface area contributed by atoms with Crippen molar-refractivity contribution < 1.29 is 9.53 Å². The van der Waals surface area contributed by atoms with Crippen molar-refractivity contribution in [3.05, 3.63) is 52.1 Å². The molecule has 0 aliphatic carbocycles. The number of nitrogens with one attached hydrogen (secondary N) is 3. The van der Waals surface area contributed by atoms with Crippen molar-refractivity contribution in [2.45, 2.75) is 12.5 Å². The van der Waals surface area contributed by atoms with Gasteiger partial charge in [0.2, 0.25) is 0 Å². The lowest BCUT2D eigenvalue weighted by atomic mass is 10.1. The van der Waals surface area contributed by atoms with Crippen LogP contribution in [0.1, 0.15) is 5.56 Å². The standard InChI is InChI=1S/C17H18Cl2N4O2/c18-12-8-14(19)16(22-9-12)20-5-6-21-17(24)23-10-13-7-11-3-1-2-4-15(11)25-13/h1-4,8-9,13H,5-7,10H2,(H,20,22)(H2,21,23,24). The molecule has 1 aliphatic heterocycles. The Morgan fingerprint density at radius 1 is 1.24 bits per heavy atom. The number of aromatic nitrogens is 1. The topological polar surface area (TPSA) is 75.3 Å². The number of ether oxygens (including phenoxy) is 1. The van der Waals surface area contributed by atoms with Gasteiger partial charge in [-0.2, -0.15) is 0 Å². The van der Waals surface area contributed by atoms with Crippen LogP contribution in [0.4, 0.5) is 10.6 Å². The van der Waals surface area contributed by atoms with E-state index in [-0.39, 0.29) is 12.1 Å². The lowest BCUT2D eigenvalue weighted by Gasteiger charge is -2.13. The zero-order valence-electron chi connectivity index (χ0n) is 13.4. The minimum Gasteiger partial charge on any atom is -0.488 e. The normalized spacial score (nSPS) is 15.2. The van der Waals surface area contributed by atoms with Gasteiger partial charge in [-0.25, -0.2) is 9.78 Å². The van der Waals surface area contributed by atoms with Crippen LogP contribution in [-0.2, 0) is 6.42 Å². The van der Waals surface area contributed by atoms with Crippen LogP contribution in [0.25, 0.3) is 0 Å². The van der Waals surface area contributed by atoms with Crippen molar-refractivity contribution >= 4 is 35.1 Å². The van der Waals surface area contributed by atoms with Gasteiger partial charge in [0.1, 0.15) is 17.7 Å². The monoisotopic (exact) mass is 380 g/mol. The maximum absolute atomic E-state index is 11.8. The number of hydrogen-bond donors (Lipinski definition) is 3. The maximum atomic E-state index is 11.8. The molecule has 2 heterocycles. The number of rotatable bonds is 6. The van der Waals surface area contributed by atoms with Crippen molar-refractivity contribution in [1.29, 1.82) is 0 Å². The molecule has 25 heavy (non-hydrogen) atoms. The van der Waals surface area contributed by atoms with E-state index in [4.69, 9.17) is 27.9 Å². The third-order valence-electron chi connectivity index (χ3n) is 3.71. The minimum absolute atomic E-state index is 0.0293. The number of carbonyl (C=O) groups excluding carboxylic acids is 1. The average molecular weight is 381 g/mol. The number of halogens is 2. The van der Waals surface area contributed by atoms with Crippen molar-refractivity contribution in [3.8, 4) is 5.75 Å². The first-order chi connectivity index (χ1) is 12.1. The third-order valence-corrected chi connectivity index (χ3v) is 4.21. The highest BCUT2D eigenvalue weighted by Gasteiger charge is 2.22. The molecule has 132 valence electrons. The fourth-order valence-electron chi connectivity index (χ4n) is 2.54. The number of urea groups is 1. The molecule has 3 rings (SSSR count). The summed E-state index contributed by atoms with van der Waals surface area (Å²) < 4.78 is 5.78. The van der Waals surface area contributed by atoms with E-state index in [1.165, 1.54) is 11.8 Å². The second-order valence-electron chi connectivity index (χ2n) is 5.60. The maximum Gasteiger partial charge on any atom is 0.314 e. The molecule has 0 spiro atoms. The van der Waals surface area contributed by atoms with Crippen LogP contribution < -0.4 is 20.7 Å². The number of amides is 2. The summed E-state index contributed by atoms with van der Waals surface area (Å²) in [7, 11) is 0. The Bertz CT molecular complexity index is 732. The molecule has 3 N–H and O–H groups in total. The molecule has 6 nitrogen and oxygen atoms in total. The number of carbonyl (C=O) groups is 1. The Labute approximate surface area is 155 Å². The van der Waals surface area contributed by atoms with Crippen LogP contribution >= 0.6 is 23.2 Å². The van der Waals surface area contributed by atoms with Crippen molar-refractivity contribution in [2.24, 2.45) is 0 Å². The Morgan fingerprint density at radius 2 is 2.08 bits per heavy atom. The zero-order chi connectivity index (χ0) is 17.6. The predicted octanol–water partition coefficient (Wildman–Crippen LogP) is 3.10. The van der Waals surface area contributed by atoms with Gasteiger partial charge < -0.3 is 20.7 Å². The summed E-state index contributed by atoms with van der Waals surface area (Å²) in [6, 6.07) is 9.28. The first-order valence-corrected chi connectivity index (χ1v) is 8.68. The van der Waals surface area contributed by atoms with E-state index in [9.17, 15) is 4.79 Å². The highest BCUT2D eigenvalue weighted by atomic mass is 35.5. The molecule has 2 amide bonds. The van der Waals surface area contributed by atoms with Crippen molar-refractivity contribution in [3.63, 3.8) is 0 Å². The molecule has 1 unspecified atom stereocenters. The van der Waals surface area contributed by atoms with Crippen LogP contribution in [0.3, 0.4) is 0 Å². The number of para-hydroxylation sites is 1. The number of fused-ring (bicyclic) bond motifs is 1. The second kappa shape index (κ2) is 8.27. The van der Waals surface area contributed by atoms with Crippen LogP contribution in [0.5, 0.6) is 5.75 Å².